The minimum atomic E-state index is -0.775. The molecule has 17 heavy (non-hydrogen) atoms. The summed E-state index contributed by atoms with van der Waals surface area (Å²) in [5.74, 6) is -1.22. The van der Waals surface area contributed by atoms with Crippen molar-refractivity contribution in [3.63, 3.8) is 0 Å². The molecule has 4 heteroatoms. The number of likely N-dealkylation sites (tertiary alicyclic amines) is 1. The number of halogens is 2. The molecule has 0 N–H and O–H groups in total. The molecule has 1 atom stereocenters. The van der Waals surface area contributed by atoms with Crippen LogP contribution in [-0.4, -0.2) is 38.3 Å². The zero-order chi connectivity index (χ0) is 12.3. The van der Waals surface area contributed by atoms with Crippen LogP contribution in [0.25, 0.3) is 0 Å². The van der Waals surface area contributed by atoms with Gasteiger partial charge in [-0.1, -0.05) is 6.07 Å². The van der Waals surface area contributed by atoms with E-state index in [0.29, 0.717) is 12.5 Å². The van der Waals surface area contributed by atoms with E-state index in [4.69, 9.17) is 4.74 Å². The van der Waals surface area contributed by atoms with E-state index in [0.717, 1.165) is 31.6 Å². The van der Waals surface area contributed by atoms with Gasteiger partial charge < -0.3 is 9.64 Å². The first kappa shape index (κ1) is 12.5. The molecule has 1 fully saturated rings. The summed E-state index contributed by atoms with van der Waals surface area (Å²) in [5, 5.41) is 0. The Kier molecular flexibility index (Phi) is 4.07. The number of benzene rings is 1. The van der Waals surface area contributed by atoms with Crippen LogP contribution >= 0.6 is 0 Å². The van der Waals surface area contributed by atoms with Crippen molar-refractivity contribution < 1.29 is 13.5 Å². The van der Waals surface area contributed by atoms with Crippen molar-refractivity contribution in [1.29, 1.82) is 0 Å². The van der Waals surface area contributed by atoms with Crippen molar-refractivity contribution in [2.45, 2.75) is 12.3 Å². The average molecular weight is 241 g/mol. The first-order valence-corrected chi connectivity index (χ1v) is 5.87. The molecule has 1 aromatic carbocycles. The second-order valence-corrected chi connectivity index (χ2v) is 4.45. The molecule has 2 nitrogen and oxygen atoms in total. The number of hydrogen-bond donors (Lipinski definition) is 0. The maximum atomic E-state index is 13.1. The largest absolute Gasteiger partial charge is 0.383 e. The highest BCUT2D eigenvalue weighted by Crippen LogP contribution is 2.27. The summed E-state index contributed by atoms with van der Waals surface area (Å²) in [4.78, 5) is 2.29. The van der Waals surface area contributed by atoms with E-state index < -0.39 is 11.6 Å². The molecule has 1 aromatic rings. The summed E-state index contributed by atoms with van der Waals surface area (Å²) in [6.07, 6.45) is 0.995. The lowest BCUT2D eigenvalue weighted by Gasteiger charge is -2.15. The lowest BCUT2D eigenvalue weighted by Crippen LogP contribution is -2.24. The predicted octanol–water partition coefficient (Wildman–Crippen LogP) is 2.40. The van der Waals surface area contributed by atoms with Gasteiger partial charge in [-0.15, -0.1) is 0 Å². The van der Waals surface area contributed by atoms with E-state index in [1.54, 1.807) is 13.2 Å². The molecule has 1 unspecified atom stereocenters. The van der Waals surface area contributed by atoms with Crippen LogP contribution in [0.1, 0.15) is 17.9 Å². The quantitative estimate of drug-likeness (QED) is 0.802. The van der Waals surface area contributed by atoms with Gasteiger partial charge in [-0.3, -0.25) is 0 Å². The number of hydrogen-bond acceptors (Lipinski definition) is 2. The van der Waals surface area contributed by atoms with Gasteiger partial charge in [0.25, 0.3) is 0 Å². The molecule has 1 heterocycles. The summed E-state index contributed by atoms with van der Waals surface area (Å²) < 4.78 is 31.0. The molecule has 0 spiro atoms. The van der Waals surface area contributed by atoms with Crippen molar-refractivity contribution in [2.75, 3.05) is 33.4 Å². The van der Waals surface area contributed by atoms with Crippen LogP contribution in [0.4, 0.5) is 8.78 Å². The highest BCUT2D eigenvalue weighted by Gasteiger charge is 2.24. The van der Waals surface area contributed by atoms with Crippen LogP contribution in [0.15, 0.2) is 18.2 Å². The number of rotatable bonds is 4. The Morgan fingerprint density at radius 3 is 2.88 bits per heavy atom. The molecule has 1 saturated heterocycles. The topological polar surface area (TPSA) is 12.5 Å². The summed E-state index contributed by atoms with van der Waals surface area (Å²) in [6, 6.07) is 4.21. The van der Waals surface area contributed by atoms with Gasteiger partial charge in [0.2, 0.25) is 0 Å². The standard InChI is InChI=1S/C13H17F2NO/c1-17-7-6-16-5-4-11(9-16)10-2-3-12(14)13(15)8-10/h2-3,8,11H,4-7,9H2,1H3. The first-order valence-electron chi connectivity index (χ1n) is 5.87. The van der Waals surface area contributed by atoms with Crippen molar-refractivity contribution in [2.24, 2.45) is 0 Å². The molecule has 2 rings (SSSR count). The van der Waals surface area contributed by atoms with Gasteiger partial charge in [-0.25, -0.2) is 8.78 Å². The minimum absolute atomic E-state index is 0.307. The SMILES string of the molecule is COCCN1CCC(c2ccc(F)c(F)c2)C1. The third-order valence-electron chi connectivity index (χ3n) is 3.30. The van der Waals surface area contributed by atoms with Gasteiger partial charge >= 0.3 is 0 Å². The lowest BCUT2D eigenvalue weighted by molar-refractivity contribution is 0.160. The van der Waals surface area contributed by atoms with E-state index in [2.05, 4.69) is 4.90 Å². The molecule has 0 radical (unpaired) electrons. The van der Waals surface area contributed by atoms with Gasteiger partial charge in [-0.2, -0.15) is 0 Å². The summed E-state index contributed by atoms with van der Waals surface area (Å²) in [6.45, 7) is 3.50. The van der Waals surface area contributed by atoms with Gasteiger partial charge in [0.1, 0.15) is 0 Å². The smallest absolute Gasteiger partial charge is 0.159 e. The summed E-state index contributed by atoms with van der Waals surface area (Å²) >= 11 is 0. The second-order valence-electron chi connectivity index (χ2n) is 4.45. The van der Waals surface area contributed by atoms with Crippen LogP contribution < -0.4 is 0 Å². The van der Waals surface area contributed by atoms with E-state index in [9.17, 15) is 8.78 Å². The van der Waals surface area contributed by atoms with Gasteiger partial charge in [0, 0.05) is 20.2 Å². The van der Waals surface area contributed by atoms with Crippen LogP contribution in [-0.2, 0) is 4.74 Å². The van der Waals surface area contributed by atoms with Gasteiger partial charge in [-0.05, 0) is 36.6 Å². The Balaban J connectivity index is 1.97. The van der Waals surface area contributed by atoms with Crippen LogP contribution in [0.3, 0.4) is 0 Å². The zero-order valence-electron chi connectivity index (χ0n) is 9.96. The van der Waals surface area contributed by atoms with Crippen molar-refractivity contribution in [1.82, 2.24) is 4.90 Å². The molecule has 0 bridgehead atoms. The van der Waals surface area contributed by atoms with Crippen LogP contribution in [0.5, 0.6) is 0 Å². The number of ether oxygens (including phenoxy) is 1. The van der Waals surface area contributed by atoms with E-state index in [1.165, 1.54) is 12.1 Å². The minimum Gasteiger partial charge on any atom is -0.383 e. The average Bonchev–Trinajstić information content (AvgIpc) is 2.79. The monoisotopic (exact) mass is 241 g/mol. The molecule has 1 aliphatic rings. The molecular weight excluding hydrogens is 224 g/mol. The predicted molar refractivity (Wildman–Crippen MR) is 62.0 cm³/mol. The summed E-state index contributed by atoms with van der Waals surface area (Å²) in [7, 11) is 1.68. The molecule has 0 amide bonds. The van der Waals surface area contributed by atoms with Crippen molar-refractivity contribution in [3.8, 4) is 0 Å². The van der Waals surface area contributed by atoms with Gasteiger partial charge in [0.05, 0.1) is 6.61 Å². The third kappa shape index (κ3) is 3.01. The van der Waals surface area contributed by atoms with E-state index in [1.807, 2.05) is 0 Å². The molecule has 0 saturated carbocycles. The first-order chi connectivity index (χ1) is 8.20. The Hall–Kier alpha value is -1.00. The van der Waals surface area contributed by atoms with Crippen molar-refractivity contribution in [3.05, 3.63) is 35.4 Å². The molecular formula is C13H17F2NO. The number of nitrogens with zero attached hydrogens (tertiary/aromatic N) is 1. The number of methoxy groups -OCH3 is 1. The third-order valence-corrected chi connectivity index (χ3v) is 3.30. The Labute approximate surface area is 100 Å². The fourth-order valence-electron chi connectivity index (χ4n) is 2.29. The molecule has 94 valence electrons. The highest BCUT2D eigenvalue weighted by molar-refractivity contribution is 5.23. The van der Waals surface area contributed by atoms with E-state index in [-0.39, 0.29) is 0 Å². The Morgan fingerprint density at radius 1 is 1.35 bits per heavy atom. The Morgan fingerprint density at radius 2 is 2.18 bits per heavy atom. The molecule has 1 aliphatic heterocycles. The van der Waals surface area contributed by atoms with E-state index >= 15 is 0 Å². The second kappa shape index (κ2) is 5.56. The zero-order valence-corrected chi connectivity index (χ0v) is 9.96. The Bertz CT molecular complexity index is 384. The van der Waals surface area contributed by atoms with Crippen LogP contribution in [0, 0.1) is 11.6 Å². The van der Waals surface area contributed by atoms with Gasteiger partial charge in [0.15, 0.2) is 11.6 Å². The molecule has 0 aromatic heterocycles. The molecule has 0 aliphatic carbocycles. The highest BCUT2D eigenvalue weighted by atomic mass is 19.2. The fraction of sp³-hybridized carbons (Fsp3) is 0.538. The summed E-state index contributed by atoms with van der Waals surface area (Å²) in [5.41, 5.74) is 0.892. The maximum Gasteiger partial charge on any atom is 0.159 e. The van der Waals surface area contributed by atoms with Crippen molar-refractivity contribution >= 4 is 0 Å². The lowest BCUT2D eigenvalue weighted by atomic mass is 9.98. The maximum absolute atomic E-state index is 13.1. The fourth-order valence-corrected chi connectivity index (χ4v) is 2.29. The normalized spacial score (nSPS) is 21.0. The van der Waals surface area contributed by atoms with Crippen LogP contribution in [0.2, 0.25) is 0 Å².